The number of carbonyl (C=O) groups excluding carboxylic acids is 3. The number of hydrogen-bond donors (Lipinski definition) is 1. The molecule has 2 rings (SSSR count). The van der Waals surface area contributed by atoms with Crippen LogP contribution < -0.4 is 5.32 Å². The summed E-state index contributed by atoms with van der Waals surface area (Å²) in [6.45, 7) is 11.5. The SMILES string of the molecule is COC(=O)[C@@H](C)C[C@H](Cc1ccccc1)NC(=O)c1csc(CC[C@H](C(C)C)N(C)C(=O)OC(C)(C)C)n1. The zero-order valence-electron chi connectivity index (χ0n) is 23.9. The quantitative estimate of drug-likeness (QED) is 0.353. The van der Waals surface area contributed by atoms with Crippen molar-refractivity contribution in [2.45, 2.75) is 84.9 Å². The summed E-state index contributed by atoms with van der Waals surface area (Å²) < 4.78 is 10.4. The van der Waals surface area contributed by atoms with Crippen molar-refractivity contribution in [1.29, 1.82) is 0 Å². The molecule has 0 unspecified atom stereocenters. The van der Waals surface area contributed by atoms with Crippen LogP contribution >= 0.6 is 11.3 Å². The van der Waals surface area contributed by atoms with Crippen molar-refractivity contribution in [1.82, 2.24) is 15.2 Å². The highest BCUT2D eigenvalue weighted by molar-refractivity contribution is 7.09. The molecule has 0 spiro atoms. The van der Waals surface area contributed by atoms with E-state index in [0.717, 1.165) is 10.6 Å². The van der Waals surface area contributed by atoms with Crippen molar-refractivity contribution in [3.63, 3.8) is 0 Å². The van der Waals surface area contributed by atoms with Gasteiger partial charge in [-0.05, 0) is 51.5 Å². The van der Waals surface area contributed by atoms with E-state index in [1.54, 1.807) is 24.3 Å². The first kappa shape index (κ1) is 31.3. The molecule has 1 aromatic heterocycles. The maximum absolute atomic E-state index is 13.1. The number of aromatic nitrogens is 1. The van der Waals surface area contributed by atoms with Crippen molar-refractivity contribution >= 4 is 29.3 Å². The Balaban J connectivity index is 2.05. The van der Waals surface area contributed by atoms with Gasteiger partial charge >= 0.3 is 12.1 Å². The lowest BCUT2D eigenvalue weighted by Crippen LogP contribution is -2.43. The number of hydrogen-bond acceptors (Lipinski definition) is 7. The van der Waals surface area contributed by atoms with Gasteiger partial charge in [0, 0.05) is 30.9 Å². The van der Waals surface area contributed by atoms with E-state index in [0.29, 0.717) is 31.4 Å². The van der Waals surface area contributed by atoms with Crippen molar-refractivity contribution in [2.75, 3.05) is 14.2 Å². The summed E-state index contributed by atoms with van der Waals surface area (Å²) in [5.74, 6) is -0.693. The van der Waals surface area contributed by atoms with Crippen LogP contribution in [-0.2, 0) is 27.1 Å². The van der Waals surface area contributed by atoms with Crippen LogP contribution in [0.1, 0.15) is 75.4 Å². The molecule has 0 bridgehead atoms. The highest BCUT2D eigenvalue weighted by Crippen LogP contribution is 2.21. The van der Waals surface area contributed by atoms with E-state index in [1.807, 2.05) is 51.1 Å². The summed E-state index contributed by atoms with van der Waals surface area (Å²) in [4.78, 5) is 43.9. The highest BCUT2D eigenvalue weighted by Gasteiger charge is 2.28. The molecular formula is C29H43N3O5S. The lowest BCUT2D eigenvalue weighted by Gasteiger charge is -2.33. The third-order valence-electron chi connectivity index (χ3n) is 6.29. The van der Waals surface area contributed by atoms with Gasteiger partial charge in [-0.2, -0.15) is 0 Å². The molecule has 38 heavy (non-hydrogen) atoms. The molecule has 1 N–H and O–H groups in total. The Morgan fingerprint density at radius 1 is 1.11 bits per heavy atom. The van der Waals surface area contributed by atoms with Gasteiger partial charge in [0.05, 0.1) is 18.0 Å². The number of amides is 2. The first-order valence-electron chi connectivity index (χ1n) is 13.1. The summed E-state index contributed by atoms with van der Waals surface area (Å²) >= 11 is 1.43. The molecule has 2 amide bonds. The van der Waals surface area contributed by atoms with E-state index >= 15 is 0 Å². The van der Waals surface area contributed by atoms with Gasteiger partial charge in [-0.15, -0.1) is 11.3 Å². The Morgan fingerprint density at radius 2 is 1.76 bits per heavy atom. The molecule has 2 aromatic rings. The van der Waals surface area contributed by atoms with Crippen LogP contribution in [0.4, 0.5) is 4.79 Å². The molecular weight excluding hydrogens is 502 g/mol. The summed E-state index contributed by atoms with van der Waals surface area (Å²) in [7, 11) is 3.14. The summed E-state index contributed by atoms with van der Waals surface area (Å²) in [6.07, 6.45) is 2.05. The van der Waals surface area contributed by atoms with Gasteiger partial charge in [0.2, 0.25) is 0 Å². The Kier molecular flexibility index (Phi) is 11.8. The number of benzene rings is 1. The van der Waals surface area contributed by atoms with E-state index < -0.39 is 5.60 Å². The number of aryl methyl sites for hydroxylation is 1. The number of carbonyl (C=O) groups is 3. The molecule has 1 heterocycles. The lowest BCUT2D eigenvalue weighted by molar-refractivity contribution is -0.145. The average Bonchev–Trinajstić information content (AvgIpc) is 3.32. The van der Waals surface area contributed by atoms with Gasteiger partial charge in [0.15, 0.2) is 0 Å². The molecule has 0 radical (unpaired) electrons. The van der Waals surface area contributed by atoms with Crippen molar-refractivity contribution < 1.29 is 23.9 Å². The number of nitrogens with zero attached hydrogens (tertiary/aromatic N) is 2. The fourth-order valence-electron chi connectivity index (χ4n) is 4.32. The van der Waals surface area contributed by atoms with Crippen molar-refractivity contribution in [3.05, 3.63) is 52.0 Å². The summed E-state index contributed by atoms with van der Waals surface area (Å²) in [5, 5.41) is 5.67. The highest BCUT2D eigenvalue weighted by atomic mass is 32.1. The zero-order valence-corrected chi connectivity index (χ0v) is 24.8. The summed E-state index contributed by atoms with van der Waals surface area (Å²) in [5.41, 5.74) is 0.871. The molecule has 9 heteroatoms. The molecule has 0 fully saturated rings. The molecule has 8 nitrogen and oxygen atoms in total. The molecule has 210 valence electrons. The minimum atomic E-state index is -0.558. The minimum Gasteiger partial charge on any atom is -0.469 e. The maximum atomic E-state index is 13.1. The van der Waals surface area contributed by atoms with Crippen molar-refractivity contribution in [2.24, 2.45) is 11.8 Å². The number of thiazole rings is 1. The number of esters is 1. The molecule has 0 aliphatic heterocycles. The molecule has 1 aromatic carbocycles. The second kappa shape index (κ2) is 14.3. The Hall–Kier alpha value is -2.94. The molecule has 0 aliphatic rings. The maximum Gasteiger partial charge on any atom is 0.410 e. The van der Waals surface area contributed by atoms with Gasteiger partial charge in [-0.3, -0.25) is 9.59 Å². The predicted octanol–water partition coefficient (Wildman–Crippen LogP) is 5.51. The van der Waals surface area contributed by atoms with Crippen LogP contribution in [0.5, 0.6) is 0 Å². The number of ether oxygens (including phenoxy) is 2. The third-order valence-corrected chi connectivity index (χ3v) is 7.20. The smallest absolute Gasteiger partial charge is 0.410 e. The predicted molar refractivity (Wildman–Crippen MR) is 150 cm³/mol. The van der Waals surface area contributed by atoms with Crippen LogP contribution in [0.15, 0.2) is 35.7 Å². The van der Waals surface area contributed by atoms with Crippen LogP contribution in [-0.4, -0.2) is 59.7 Å². The fourth-order valence-corrected chi connectivity index (χ4v) is 5.11. The lowest BCUT2D eigenvalue weighted by atomic mass is 9.96. The largest absolute Gasteiger partial charge is 0.469 e. The van der Waals surface area contributed by atoms with E-state index in [9.17, 15) is 14.4 Å². The molecule has 3 atom stereocenters. The Bertz CT molecular complexity index is 1050. The van der Waals surface area contributed by atoms with E-state index in [-0.39, 0.29) is 41.9 Å². The minimum absolute atomic E-state index is 0.0268. The third kappa shape index (κ3) is 10.1. The van der Waals surface area contributed by atoms with E-state index in [1.165, 1.54) is 18.4 Å². The van der Waals surface area contributed by atoms with Gasteiger partial charge in [0.1, 0.15) is 11.3 Å². The first-order valence-corrected chi connectivity index (χ1v) is 14.0. The molecule has 0 saturated heterocycles. The number of methoxy groups -OCH3 is 1. The van der Waals surface area contributed by atoms with Crippen molar-refractivity contribution in [3.8, 4) is 0 Å². The number of rotatable bonds is 12. The van der Waals surface area contributed by atoms with Crippen LogP contribution in [0.3, 0.4) is 0 Å². The second-order valence-electron chi connectivity index (χ2n) is 11.1. The van der Waals surface area contributed by atoms with Gasteiger partial charge < -0.3 is 19.7 Å². The first-order chi connectivity index (χ1) is 17.8. The monoisotopic (exact) mass is 545 g/mol. The Morgan fingerprint density at radius 3 is 2.34 bits per heavy atom. The van der Waals surface area contributed by atoms with Crippen LogP contribution in [0.2, 0.25) is 0 Å². The van der Waals surface area contributed by atoms with Gasteiger partial charge in [0.25, 0.3) is 5.91 Å². The average molecular weight is 546 g/mol. The second-order valence-corrected chi connectivity index (χ2v) is 12.0. The van der Waals surface area contributed by atoms with Gasteiger partial charge in [-0.1, -0.05) is 51.1 Å². The standard InChI is InChI=1S/C29H43N3O5S/c1-19(2)24(32(7)28(35)37-29(4,5)6)14-15-25-31-23(18-38-25)26(33)30-22(16-20(3)27(34)36-8)17-21-12-10-9-11-13-21/h9-13,18-20,22,24H,14-17H2,1-8H3,(H,30,33)/t20-,22+,24+/m0/s1. The topological polar surface area (TPSA) is 97.8 Å². The van der Waals surface area contributed by atoms with E-state index in [4.69, 9.17) is 9.47 Å². The zero-order chi connectivity index (χ0) is 28.5. The van der Waals surface area contributed by atoms with Gasteiger partial charge in [-0.25, -0.2) is 9.78 Å². The molecule has 0 aliphatic carbocycles. The fraction of sp³-hybridized carbons (Fsp3) is 0.586. The summed E-state index contributed by atoms with van der Waals surface area (Å²) in [6, 6.07) is 9.58. The van der Waals surface area contributed by atoms with Crippen LogP contribution in [0, 0.1) is 11.8 Å². The number of nitrogens with one attached hydrogen (secondary N) is 1. The van der Waals surface area contributed by atoms with Crippen LogP contribution in [0.25, 0.3) is 0 Å². The van der Waals surface area contributed by atoms with E-state index in [2.05, 4.69) is 24.1 Å². The normalized spacial score (nSPS) is 13.9. The molecule has 0 saturated carbocycles. The Labute approximate surface area is 231 Å².